The molecule has 0 bridgehead atoms. The minimum Gasteiger partial charge on any atom is -0.345 e. The summed E-state index contributed by atoms with van der Waals surface area (Å²) in [6.45, 7) is 3.29. The molecule has 0 atom stereocenters. The average Bonchev–Trinajstić information content (AvgIpc) is 2.48. The van der Waals surface area contributed by atoms with E-state index in [9.17, 15) is 8.78 Å². The summed E-state index contributed by atoms with van der Waals surface area (Å²) in [6.07, 6.45) is 0. The molecular weight excluding hydrogens is 290 g/mol. The second kappa shape index (κ2) is 7.13. The lowest BCUT2D eigenvalue weighted by molar-refractivity contribution is 0.442. The molecule has 2 nitrogen and oxygen atoms in total. The van der Waals surface area contributed by atoms with Gasteiger partial charge in [0.15, 0.2) is 5.11 Å². The van der Waals surface area contributed by atoms with Gasteiger partial charge >= 0.3 is 0 Å². The van der Waals surface area contributed by atoms with Crippen molar-refractivity contribution in [1.29, 1.82) is 0 Å². The molecule has 0 amide bonds. The Kier molecular flexibility index (Phi) is 5.22. The van der Waals surface area contributed by atoms with Crippen LogP contribution in [0.25, 0.3) is 0 Å². The van der Waals surface area contributed by atoms with E-state index in [0.29, 0.717) is 18.2 Å². The Morgan fingerprint density at radius 1 is 1.14 bits per heavy atom. The van der Waals surface area contributed by atoms with E-state index in [4.69, 9.17) is 12.2 Å². The van der Waals surface area contributed by atoms with Gasteiger partial charge in [-0.3, -0.25) is 0 Å². The van der Waals surface area contributed by atoms with Crippen molar-refractivity contribution in [1.82, 2.24) is 4.90 Å². The van der Waals surface area contributed by atoms with Gasteiger partial charge in [-0.1, -0.05) is 30.3 Å². The summed E-state index contributed by atoms with van der Waals surface area (Å²) in [6, 6.07) is 13.2. The Bertz CT molecular complexity index is 617. The number of rotatable bonds is 4. The fraction of sp³-hybridized carbons (Fsp3) is 0.188. The number of nitrogens with zero attached hydrogens (tertiary/aromatic N) is 1. The van der Waals surface area contributed by atoms with Crippen LogP contribution in [0.2, 0.25) is 0 Å². The van der Waals surface area contributed by atoms with Crippen LogP contribution in [-0.4, -0.2) is 16.6 Å². The van der Waals surface area contributed by atoms with Gasteiger partial charge in [0.25, 0.3) is 0 Å². The van der Waals surface area contributed by atoms with Crippen molar-refractivity contribution < 1.29 is 8.78 Å². The zero-order valence-corrected chi connectivity index (χ0v) is 12.5. The van der Waals surface area contributed by atoms with E-state index in [1.165, 1.54) is 12.1 Å². The molecule has 0 aliphatic heterocycles. The molecule has 0 aliphatic rings. The maximum Gasteiger partial charge on any atom is 0.173 e. The number of nitrogens with one attached hydrogen (secondary N) is 1. The Hall–Kier alpha value is -2.01. The summed E-state index contributed by atoms with van der Waals surface area (Å²) in [5.41, 5.74) is 1.29. The topological polar surface area (TPSA) is 15.3 Å². The lowest BCUT2D eigenvalue weighted by atomic mass is 10.2. The molecule has 0 heterocycles. The highest BCUT2D eigenvalue weighted by molar-refractivity contribution is 7.80. The Labute approximate surface area is 128 Å². The van der Waals surface area contributed by atoms with E-state index < -0.39 is 11.6 Å². The lowest BCUT2D eigenvalue weighted by Gasteiger charge is -2.24. The summed E-state index contributed by atoms with van der Waals surface area (Å²) >= 11 is 5.30. The van der Waals surface area contributed by atoms with Crippen LogP contribution in [0.4, 0.5) is 14.5 Å². The maximum absolute atomic E-state index is 13.6. The zero-order valence-electron chi connectivity index (χ0n) is 11.6. The molecule has 2 aromatic rings. The first kappa shape index (κ1) is 15.4. The molecule has 0 aromatic heterocycles. The van der Waals surface area contributed by atoms with Gasteiger partial charge in [0.2, 0.25) is 0 Å². The standard InChI is InChI=1S/C16H16F2N2S/c1-2-20(11-12-6-4-3-5-7-12)16(21)19-15-9-8-13(17)10-14(15)18/h3-10H,2,11H2,1H3,(H,19,21). The van der Waals surface area contributed by atoms with Gasteiger partial charge < -0.3 is 10.2 Å². The molecule has 110 valence electrons. The molecule has 0 aliphatic carbocycles. The van der Waals surface area contributed by atoms with E-state index in [1.54, 1.807) is 0 Å². The van der Waals surface area contributed by atoms with Crippen LogP contribution < -0.4 is 5.32 Å². The third-order valence-corrected chi connectivity index (χ3v) is 3.42. The highest BCUT2D eigenvalue weighted by atomic mass is 32.1. The predicted molar refractivity (Wildman–Crippen MR) is 85.1 cm³/mol. The molecule has 5 heteroatoms. The van der Waals surface area contributed by atoms with Gasteiger partial charge in [-0.15, -0.1) is 0 Å². The smallest absolute Gasteiger partial charge is 0.173 e. The number of hydrogen-bond donors (Lipinski definition) is 1. The largest absolute Gasteiger partial charge is 0.345 e. The van der Waals surface area contributed by atoms with Crippen LogP contribution in [0.5, 0.6) is 0 Å². The molecule has 21 heavy (non-hydrogen) atoms. The minimum absolute atomic E-state index is 0.174. The van der Waals surface area contributed by atoms with Crippen LogP contribution in [-0.2, 0) is 6.54 Å². The molecule has 0 saturated heterocycles. The van der Waals surface area contributed by atoms with Crippen molar-refractivity contribution in [2.75, 3.05) is 11.9 Å². The predicted octanol–water partition coefficient (Wildman–Crippen LogP) is 4.18. The first-order chi connectivity index (χ1) is 10.1. The van der Waals surface area contributed by atoms with Crippen LogP contribution in [0, 0.1) is 11.6 Å². The van der Waals surface area contributed by atoms with Crippen molar-refractivity contribution >= 4 is 23.0 Å². The van der Waals surface area contributed by atoms with Gasteiger partial charge in [-0.25, -0.2) is 8.78 Å². The first-order valence-corrected chi connectivity index (χ1v) is 7.06. The van der Waals surface area contributed by atoms with Crippen molar-refractivity contribution in [3.05, 3.63) is 65.7 Å². The fourth-order valence-corrected chi connectivity index (χ4v) is 2.22. The van der Waals surface area contributed by atoms with Crippen LogP contribution in [0.15, 0.2) is 48.5 Å². The monoisotopic (exact) mass is 306 g/mol. The third kappa shape index (κ3) is 4.23. The normalized spacial score (nSPS) is 10.2. The number of benzene rings is 2. The number of anilines is 1. The Morgan fingerprint density at radius 2 is 1.86 bits per heavy atom. The zero-order chi connectivity index (χ0) is 15.2. The van der Waals surface area contributed by atoms with E-state index in [-0.39, 0.29) is 5.69 Å². The minimum atomic E-state index is -0.659. The summed E-state index contributed by atoms with van der Waals surface area (Å²) < 4.78 is 26.5. The molecular formula is C16H16F2N2S. The molecule has 0 spiro atoms. The number of thiocarbonyl (C=S) groups is 1. The molecule has 2 aromatic carbocycles. The van der Waals surface area contributed by atoms with Crippen molar-refractivity contribution in [2.24, 2.45) is 0 Å². The highest BCUT2D eigenvalue weighted by Gasteiger charge is 2.11. The van der Waals surface area contributed by atoms with Crippen molar-refractivity contribution in [3.63, 3.8) is 0 Å². The SMILES string of the molecule is CCN(Cc1ccccc1)C(=S)Nc1ccc(F)cc1F. The summed E-state index contributed by atoms with van der Waals surface area (Å²) in [4.78, 5) is 1.91. The quantitative estimate of drug-likeness (QED) is 0.853. The molecule has 2 rings (SSSR count). The van der Waals surface area contributed by atoms with E-state index in [0.717, 1.165) is 11.6 Å². The van der Waals surface area contributed by atoms with Gasteiger partial charge in [0.05, 0.1) is 5.69 Å². The van der Waals surface area contributed by atoms with Crippen LogP contribution in [0.1, 0.15) is 12.5 Å². The Morgan fingerprint density at radius 3 is 2.48 bits per heavy atom. The average molecular weight is 306 g/mol. The number of halogens is 2. The highest BCUT2D eigenvalue weighted by Crippen LogP contribution is 2.16. The second-order valence-electron chi connectivity index (χ2n) is 4.55. The number of hydrogen-bond acceptors (Lipinski definition) is 1. The van der Waals surface area contributed by atoms with Gasteiger partial charge in [0.1, 0.15) is 11.6 Å². The fourth-order valence-electron chi connectivity index (χ4n) is 1.92. The summed E-state index contributed by atoms with van der Waals surface area (Å²) in [7, 11) is 0. The first-order valence-electron chi connectivity index (χ1n) is 6.65. The molecule has 0 radical (unpaired) electrons. The molecule has 0 unspecified atom stereocenters. The van der Waals surface area contributed by atoms with Crippen LogP contribution in [0.3, 0.4) is 0 Å². The van der Waals surface area contributed by atoms with Gasteiger partial charge in [-0.2, -0.15) is 0 Å². The maximum atomic E-state index is 13.6. The van der Waals surface area contributed by atoms with Crippen molar-refractivity contribution in [2.45, 2.75) is 13.5 Å². The lowest BCUT2D eigenvalue weighted by Crippen LogP contribution is -2.34. The van der Waals surface area contributed by atoms with E-state index in [1.807, 2.05) is 42.2 Å². The van der Waals surface area contributed by atoms with Gasteiger partial charge in [-0.05, 0) is 36.8 Å². The van der Waals surface area contributed by atoms with Crippen molar-refractivity contribution in [3.8, 4) is 0 Å². The van der Waals surface area contributed by atoms with Crippen LogP contribution >= 0.6 is 12.2 Å². The Balaban J connectivity index is 2.06. The molecule has 0 saturated carbocycles. The second-order valence-corrected chi connectivity index (χ2v) is 4.94. The summed E-state index contributed by atoms with van der Waals surface area (Å²) in [5.74, 6) is -1.27. The summed E-state index contributed by atoms with van der Waals surface area (Å²) in [5, 5.41) is 3.23. The van der Waals surface area contributed by atoms with E-state index in [2.05, 4.69) is 5.32 Å². The van der Waals surface area contributed by atoms with E-state index >= 15 is 0 Å². The third-order valence-electron chi connectivity index (χ3n) is 3.06. The molecule has 1 N–H and O–H groups in total. The van der Waals surface area contributed by atoms with Gasteiger partial charge in [0, 0.05) is 19.2 Å². The molecule has 0 fully saturated rings.